The van der Waals surface area contributed by atoms with E-state index in [2.05, 4.69) is 4.98 Å². The molecule has 0 aliphatic carbocycles. The predicted octanol–water partition coefficient (Wildman–Crippen LogP) is 1.22. The second-order valence-electron chi connectivity index (χ2n) is 3.83. The Morgan fingerprint density at radius 2 is 1.80 bits per heavy atom. The highest BCUT2D eigenvalue weighted by Crippen LogP contribution is 2.22. The van der Waals surface area contributed by atoms with Crippen molar-refractivity contribution >= 4 is 16.0 Å². The number of nitrogens with zero attached hydrogens (tertiary/aromatic N) is 1. The van der Waals surface area contributed by atoms with Gasteiger partial charge in [0.1, 0.15) is 11.5 Å². The van der Waals surface area contributed by atoms with Crippen LogP contribution in [-0.2, 0) is 10.0 Å². The van der Waals surface area contributed by atoms with Crippen molar-refractivity contribution in [3.63, 3.8) is 0 Å². The molecule has 0 amide bonds. The van der Waals surface area contributed by atoms with Gasteiger partial charge in [-0.15, -0.1) is 0 Å². The monoisotopic (exact) mass is 294 g/mol. The maximum atomic E-state index is 11.1. The van der Waals surface area contributed by atoms with Crippen LogP contribution in [0.2, 0.25) is 0 Å². The minimum Gasteiger partial charge on any atom is -0.478 e. The molecule has 0 spiro atoms. The molecule has 3 N–H and O–H groups in total. The minimum absolute atomic E-state index is 0.0105. The van der Waals surface area contributed by atoms with E-state index in [9.17, 15) is 13.2 Å². The molecule has 20 heavy (non-hydrogen) atoms. The molecular weight excluding hydrogens is 284 g/mol. The Bertz CT molecular complexity index is 741. The molecule has 104 valence electrons. The number of hydrogen-bond donors (Lipinski definition) is 2. The lowest BCUT2D eigenvalue weighted by molar-refractivity contribution is 0.0696. The number of ether oxygens (including phenoxy) is 1. The van der Waals surface area contributed by atoms with Gasteiger partial charge < -0.3 is 9.84 Å². The van der Waals surface area contributed by atoms with Crippen LogP contribution in [0.3, 0.4) is 0 Å². The van der Waals surface area contributed by atoms with Gasteiger partial charge in [-0.2, -0.15) is 0 Å². The van der Waals surface area contributed by atoms with Crippen molar-refractivity contribution < 1.29 is 23.1 Å². The molecule has 0 aliphatic heterocycles. The predicted molar refractivity (Wildman–Crippen MR) is 69.1 cm³/mol. The van der Waals surface area contributed by atoms with E-state index in [-0.39, 0.29) is 16.2 Å². The molecule has 1 heterocycles. The molecule has 0 unspecified atom stereocenters. The van der Waals surface area contributed by atoms with E-state index in [0.717, 1.165) is 0 Å². The maximum absolute atomic E-state index is 11.1. The van der Waals surface area contributed by atoms with E-state index in [0.29, 0.717) is 5.75 Å². The third kappa shape index (κ3) is 3.31. The quantitative estimate of drug-likeness (QED) is 0.874. The Labute approximate surface area is 114 Å². The van der Waals surface area contributed by atoms with Crippen molar-refractivity contribution in [2.45, 2.75) is 4.90 Å². The second-order valence-corrected chi connectivity index (χ2v) is 5.39. The number of aromatic nitrogens is 1. The van der Waals surface area contributed by atoms with Crippen LogP contribution in [0.15, 0.2) is 47.6 Å². The highest BCUT2D eigenvalue weighted by molar-refractivity contribution is 7.89. The number of benzene rings is 1. The van der Waals surface area contributed by atoms with E-state index < -0.39 is 16.0 Å². The Morgan fingerprint density at radius 1 is 1.15 bits per heavy atom. The molecule has 0 atom stereocenters. The summed E-state index contributed by atoms with van der Waals surface area (Å²) in [5, 5.41) is 13.8. The molecule has 0 radical (unpaired) electrons. The van der Waals surface area contributed by atoms with Gasteiger partial charge in [0.15, 0.2) is 0 Å². The number of carboxylic acids is 1. The van der Waals surface area contributed by atoms with Gasteiger partial charge in [0, 0.05) is 6.20 Å². The smallest absolute Gasteiger partial charge is 0.337 e. The third-order valence-electron chi connectivity index (χ3n) is 2.35. The van der Waals surface area contributed by atoms with Crippen LogP contribution in [0.25, 0.3) is 0 Å². The summed E-state index contributed by atoms with van der Waals surface area (Å²) in [5.41, 5.74) is -0.0105. The summed E-state index contributed by atoms with van der Waals surface area (Å²) in [7, 11) is -3.76. The fraction of sp³-hybridized carbons (Fsp3) is 0. The number of rotatable bonds is 4. The number of nitrogens with two attached hydrogens (primary N) is 1. The number of pyridine rings is 1. The average Bonchev–Trinajstić information content (AvgIpc) is 2.38. The molecule has 1 aromatic carbocycles. The van der Waals surface area contributed by atoms with Crippen molar-refractivity contribution in [2.75, 3.05) is 0 Å². The Hall–Kier alpha value is -2.45. The normalized spacial score (nSPS) is 11.1. The SMILES string of the molecule is NS(=O)(=O)c1ccc(Oc2cncc(C(=O)O)c2)cc1. The van der Waals surface area contributed by atoms with Crippen LogP contribution in [0.4, 0.5) is 0 Å². The first kappa shape index (κ1) is 14.0. The Balaban J connectivity index is 2.22. The summed E-state index contributed by atoms with van der Waals surface area (Å²) >= 11 is 0. The van der Waals surface area contributed by atoms with Crippen molar-refractivity contribution in [1.82, 2.24) is 4.98 Å². The Kier molecular flexibility index (Phi) is 3.68. The van der Waals surface area contributed by atoms with Gasteiger partial charge >= 0.3 is 5.97 Å². The Morgan fingerprint density at radius 3 is 2.35 bits per heavy atom. The lowest BCUT2D eigenvalue weighted by Gasteiger charge is -2.06. The molecule has 7 nitrogen and oxygen atoms in total. The molecule has 8 heteroatoms. The van der Waals surface area contributed by atoms with E-state index >= 15 is 0 Å². The summed E-state index contributed by atoms with van der Waals surface area (Å²) in [6.45, 7) is 0. The zero-order valence-corrected chi connectivity index (χ0v) is 10.9. The summed E-state index contributed by atoms with van der Waals surface area (Å²) < 4.78 is 27.5. The van der Waals surface area contributed by atoms with E-state index in [1.807, 2.05) is 0 Å². The summed E-state index contributed by atoms with van der Waals surface area (Å²) in [5.74, 6) is -0.553. The zero-order valence-electron chi connectivity index (χ0n) is 10.1. The summed E-state index contributed by atoms with van der Waals surface area (Å²) in [6.07, 6.45) is 2.54. The van der Waals surface area contributed by atoms with Crippen molar-refractivity contribution in [1.29, 1.82) is 0 Å². The van der Waals surface area contributed by atoms with Crippen LogP contribution < -0.4 is 9.88 Å². The topological polar surface area (TPSA) is 120 Å². The fourth-order valence-corrected chi connectivity index (χ4v) is 1.94. The molecule has 0 saturated carbocycles. The number of aromatic carboxylic acids is 1. The van der Waals surface area contributed by atoms with Gasteiger partial charge in [0.2, 0.25) is 10.0 Å². The van der Waals surface area contributed by atoms with E-state index in [4.69, 9.17) is 15.0 Å². The molecule has 0 saturated heterocycles. The first-order valence-electron chi connectivity index (χ1n) is 5.35. The minimum atomic E-state index is -3.76. The lowest BCUT2D eigenvalue weighted by Crippen LogP contribution is -2.11. The second kappa shape index (κ2) is 5.27. The third-order valence-corrected chi connectivity index (χ3v) is 3.28. The van der Waals surface area contributed by atoms with Crippen LogP contribution in [-0.4, -0.2) is 24.5 Å². The number of carboxylic acid groups (broad SMARTS) is 1. The summed E-state index contributed by atoms with van der Waals surface area (Å²) in [6, 6.07) is 6.71. The standard InChI is InChI=1S/C12H10N2O5S/c13-20(17,18)11-3-1-9(2-4-11)19-10-5-8(12(15)16)6-14-7-10/h1-7H,(H,15,16)(H2,13,17,18). The van der Waals surface area contributed by atoms with E-state index in [1.165, 1.54) is 42.7 Å². The molecular formula is C12H10N2O5S. The van der Waals surface area contributed by atoms with Crippen LogP contribution in [0.1, 0.15) is 10.4 Å². The van der Waals surface area contributed by atoms with Crippen molar-refractivity contribution in [3.05, 3.63) is 48.3 Å². The van der Waals surface area contributed by atoms with Gasteiger partial charge in [-0.1, -0.05) is 0 Å². The summed E-state index contributed by atoms with van der Waals surface area (Å²) in [4.78, 5) is 14.5. The molecule has 0 aliphatic rings. The first-order chi connectivity index (χ1) is 9.36. The van der Waals surface area contributed by atoms with Gasteiger partial charge in [0.25, 0.3) is 0 Å². The molecule has 0 fully saturated rings. The van der Waals surface area contributed by atoms with Crippen LogP contribution in [0, 0.1) is 0 Å². The lowest BCUT2D eigenvalue weighted by atomic mass is 10.3. The van der Waals surface area contributed by atoms with Gasteiger partial charge in [-0.3, -0.25) is 4.98 Å². The van der Waals surface area contributed by atoms with Crippen molar-refractivity contribution in [3.8, 4) is 11.5 Å². The van der Waals surface area contributed by atoms with Crippen molar-refractivity contribution in [2.24, 2.45) is 5.14 Å². The van der Waals surface area contributed by atoms with Gasteiger partial charge in [-0.25, -0.2) is 18.4 Å². The zero-order chi connectivity index (χ0) is 14.8. The first-order valence-corrected chi connectivity index (χ1v) is 6.90. The van der Waals surface area contributed by atoms with Crippen LogP contribution >= 0.6 is 0 Å². The number of primary sulfonamides is 1. The fourth-order valence-electron chi connectivity index (χ4n) is 1.43. The highest BCUT2D eigenvalue weighted by atomic mass is 32.2. The number of sulfonamides is 1. The maximum Gasteiger partial charge on any atom is 0.337 e. The molecule has 2 rings (SSSR count). The highest BCUT2D eigenvalue weighted by Gasteiger charge is 2.08. The van der Waals surface area contributed by atoms with Gasteiger partial charge in [-0.05, 0) is 30.3 Å². The molecule has 1 aromatic heterocycles. The van der Waals surface area contributed by atoms with E-state index in [1.54, 1.807) is 0 Å². The van der Waals surface area contributed by atoms with Gasteiger partial charge in [0.05, 0.1) is 16.7 Å². The van der Waals surface area contributed by atoms with Crippen LogP contribution in [0.5, 0.6) is 11.5 Å². The molecule has 0 bridgehead atoms. The number of carbonyl (C=O) groups is 1. The number of hydrogen-bond acceptors (Lipinski definition) is 5. The largest absolute Gasteiger partial charge is 0.478 e. The molecule has 2 aromatic rings. The average molecular weight is 294 g/mol.